The highest BCUT2D eigenvalue weighted by Gasteiger charge is 2.09. The van der Waals surface area contributed by atoms with Gasteiger partial charge in [-0.15, -0.1) is 22.7 Å². The van der Waals surface area contributed by atoms with E-state index < -0.39 is 0 Å². The molecule has 0 aliphatic heterocycles. The summed E-state index contributed by atoms with van der Waals surface area (Å²) in [5.41, 5.74) is 7.53. The second-order valence-corrected chi connectivity index (χ2v) is 9.48. The van der Waals surface area contributed by atoms with Crippen LogP contribution in [-0.2, 0) is 17.0 Å². The second-order valence-electron chi connectivity index (χ2n) is 6.19. The summed E-state index contributed by atoms with van der Waals surface area (Å²) in [6.07, 6.45) is 0.250. The van der Waals surface area contributed by atoms with Crippen LogP contribution in [0.5, 0.6) is 0 Å². The van der Waals surface area contributed by atoms with Crippen molar-refractivity contribution in [1.29, 1.82) is 0 Å². The standard InChI is InChI=1S/C21H17N3O2S3/c25-19(12-16-4-3-11-27-16)23-24-20(26)15-9-7-14(8-10-15)13-28-21-22-17-5-1-2-6-18(17)29-21/h1-11H,12-13H2,(H,23,25)(H,24,26). The number of benzene rings is 2. The second kappa shape index (κ2) is 9.21. The Morgan fingerprint density at radius 3 is 2.55 bits per heavy atom. The Hall–Kier alpha value is -2.68. The zero-order valence-electron chi connectivity index (χ0n) is 15.3. The maximum Gasteiger partial charge on any atom is 0.269 e. The lowest BCUT2D eigenvalue weighted by atomic mass is 10.1. The number of para-hydroxylation sites is 1. The smallest absolute Gasteiger partial charge is 0.269 e. The number of rotatable bonds is 6. The van der Waals surface area contributed by atoms with Crippen LogP contribution in [0.4, 0.5) is 0 Å². The number of hydrogen-bond donors (Lipinski definition) is 2. The summed E-state index contributed by atoms with van der Waals surface area (Å²) in [5, 5.41) is 1.91. The molecule has 2 N–H and O–H groups in total. The van der Waals surface area contributed by atoms with Gasteiger partial charge in [0, 0.05) is 16.2 Å². The number of thiazole rings is 1. The molecule has 8 heteroatoms. The van der Waals surface area contributed by atoms with Gasteiger partial charge in [-0.3, -0.25) is 20.4 Å². The van der Waals surface area contributed by atoms with Crippen LogP contribution >= 0.6 is 34.4 Å². The SMILES string of the molecule is O=C(Cc1cccs1)NNC(=O)c1ccc(CSc2nc3ccccc3s2)cc1. The van der Waals surface area contributed by atoms with Gasteiger partial charge in [0.15, 0.2) is 4.34 Å². The van der Waals surface area contributed by atoms with Gasteiger partial charge in [0.1, 0.15) is 0 Å². The third-order valence-electron chi connectivity index (χ3n) is 4.08. The van der Waals surface area contributed by atoms with E-state index in [1.54, 1.807) is 35.2 Å². The molecule has 2 amide bonds. The normalized spacial score (nSPS) is 10.8. The Morgan fingerprint density at radius 1 is 0.966 bits per heavy atom. The molecule has 0 spiro atoms. The molecule has 0 unspecified atom stereocenters. The molecule has 0 atom stereocenters. The highest BCUT2D eigenvalue weighted by molar-refractivity contribution is 8.00. The first kappa shape index (κ1) is 19.6. The van der Waals surface area contributed by atoms with Gasteiger partial charge in [0.2, 0.25) is 5.91 Å². The van der Waals surface area contributed by atoms with Crippen LogP contribution in [0.1, 0.15) is 20.8 Å². The molecular weight excluding hydrogens is 422 g/mol. The molecule has 2 aromatic carbocycles. The molecular formula is C21H17N3O2S3. The first-order valence-electron chi connectivity index (χ1n) is 8.86. The number of carbonyl (C=O) groups is 2. The van der Waals surface area contributed by atoms with Crippen LogP contribution in [0.25, 0.3) is 10.2 Å². The van der Waals surface area contributed by atoms with Crippen molar-refractivity contribution in [3.05, 3.63) is 82.0 Å². The lowest BCUT2D eigenvalue weighted by Gasteiger charge is -2.07. The summed E-state index contributed by atoms with van der Waals surface area (Å²) in [6.45, 7) is 0. The summed E-state index contributed by atoms with van der Waals surface area (Å²) in [6, 6.07) is 19.2. The Kier molecular flexibility index (Phi) is 6.24. The van der Waals surface area contributed by atoms with Gasteiger partial charge in [-0.05, 0) is 41.3 Å². The molecule has 0 fully saturated rings. The van der Waals surface area contributed by atoms with Gasteiger partial charge < -0.3 is 0 Å². The van der Waals surface area contributed by atoms with E-state index in [1.807, 2.05) is 47.8 Å². The lowest BCUT2D eigenvalue weighted by Crippen LogP contribution is -2.42. The van der Waals surface area contributed by atoms with Crippen molar-refractivity contribution < 1.29 is 9.59 Å². The Morgan fingerprint density at radius 2 is 1.79 bits per heavy atom. The highest BCUT2D eigenvalue weighted by Crippen LogP contribution is 2.31. The number of aromatic nitrogens is 1. The van der Waals surface area contributed by atoms with E-state index in [-0.39, 0.29) is 18.2 Å². The summed E-state index contributed by atoms with van der Waals surface area (Å²) in [4.78, 5) is 29.6. The highest BCUT2D eigenvalue weighted by atomic mass is 32.2. The largest absolute Gasteiger partial charge is 0.273 e. The van der Waals surface area contributed by atoms with Gasteiger partial charge >= 0.3 is 0 Å². The van der Waals surface area contributed by atoms with Crippen molar-refractivity contribution in [2.45, 2.75) is 16.5 Å². The van der Waals surface area contributed by atoms with E-state index in [2.05, 4.69) is 21.9 Å². The molecule has 29 heavy (non-hydrogen) atoms. The molecule has 0 bridgehead atoms. The van der Waals surface area contributed by atoms with E-state index in [1.165, 1.54) is 16.0 Å². The first-order chi connectivity index (χ1) is 14.2. The number of hydrazine groups is 1. The van der Waals surface area contributed by atoms with Gasteiger partial charge in [0.05, 0.1) is 16.6 Å². The van der Waals surface area contributed by atoms with E-state index in [9.17, 15) is 9.59 Å². The molecule has 0 saturated heterocycles. The third kappa shape index (κ3) is 5.23. The van der Waals surface area contributed by atoms with Crippen LogP contribution in [0.2, 0.25) is 0 Å². The molecule has 5 nitrogen and oxygen atoms in total. The van der Waals surface area contributed by atoms with Crippen LogP contribution in [0.15, 0.2) is 70.4 Å². The Bertz CT molecular complexity index is 1090. The van der Waals surface area contributed by atoms with Crippen molar-refractivity contribution in [1.82, 2.24) is 15.8 Å². The topological polar surface area (TPSA) is 71.1 Å². The minimum atomic E-state index is -0.338. The molecule has 4 aromatic rings. The average Bonchev–Trinajstić information content (AvgIpc) is 3.40. The molecule has 0 radical (unpaired) electrons. The van der Waals surface area contributed by atoms with E-state index in [4.69, 9.17) is 0 Å². The van der Waals surface area contributed by atoms with Gasteiger partial charge in [-0.25, -0.2) is 4.98 Å². The molecule has 0 aliphatic rings. The lowest BCUT2D eigenvalue weighted by molar-refractivity contribution is -0.121. The van der Waals surface area contributed by atoms with Gasteiger partial charge in [-0.2, -0.15) is 0 Å². The van der Waals surface area contributed by atoms with Crippen molar-refractivity contribution >= 4 is 56.5 Å². The maximum atomic E-state index is 12.2. The Balaban J connectivity index is 1.27. The van der Waals surface area contributed by atoms with Gasteiger partial charge in [-0.1, -0.05) is 42.1 Å². The van der Waals surface area contributed by atoms with E-state index in [0.29, 0.717) is 5.56 Å². The third-order valence-corrected chi connectivity index (χ3v) is 7.21. The van der Waals surface area contributed by atoms with Crippen molar-refractivity contribution in [2.75, 3.05) is 0 Å². The fraction of sp³-hybridized carbons (Fsp3) is 0.0952. The molecule has 4 rings (SSSR count). The first-order valence-corrected chi connectivity index (χ1v) is 11.5. The van der Waals surface area contributed by atoms with Gasteiger partial charge in [0.25, 0.3) is 5.91 Å². The summed E-state index contributed by atoms with van der Waals surface area (Å²) < 4.78 is 2.21. The number of fused-ring (bicyclic) bond motifs is 1. The predicted octanol–water partition coefficient (Wildman–Crippen LogP) is 4.65. The Labute approximate surface area is 180 Å². The van der Waals surface area contributed by atoms with Crippen LogP contribution in [0, 0.1) is 0 Å². The van der Waals surface area contributed by atoms with Crippen LogP contribution in [0.3, 0.4) is 0 Å². The molecule has 0 saturated carbocycles. The van der Waals surface area contributed by atoms with Crippen molar-refractivity contribution in [3.8, 4) is 0 Å². The average molecular weight is 440 g/mol. The number of hydrogen-bond acceptors (Lipinski definition) is 6. The number of nitrogens with zero attached hydrogens (tertiary/aromatic N) is 1. The fourth-order valence-electron chi connectivity index (χ4n) is 2.62. The summed E-state index contributed by atoms with van der Waals surface area (Å²) in [5.74, 6) is 0.193. The fourth-order valence-corrected chi connectivity index (χ4v) is 5.35. The van der Waals surface area contributed by atoms with E-state index >= 15 is 0 Å². The van der Waals surface area contributed by atoms with E-state index in [0.717, 1.165) is 26.0 Å². The monoisotopic (exact) mass is 439 g/mol. The number of thioether (sulfide) groups is 1. The summed E-state index contributed by atoms with van der Waals surface area (Å²) in [7, 11) is 0. The van der Waals surface area contributed by atoms with Crippen LogP contribution in [-0.4, -0.2) is 16.8 Å². The molecule has 2 aromatic heterocycles. The summed E-state index contributed by atoms with van der Waals surface area (Å²) >= 11 is 4.87. The van der Waals surface area contributed by atoms with Crippen LogP contribution < -0.4 is 10.9 Å². The van der Waals surface area contributed by atoms with Crippen molar-refractivity contribution in [3.63, 3.8) is 0 Å². The molecule has 2 heterocycles. The quantitative estimate of drug-likeness (QED) is 0.339. The maximum absolute atomic E-state index is 12.2. The zero-order chi connectivity index (χ0) is 20.1. The van der Waals surface area contributed by atoms with Crippen molar-refractivity contribution in [2.24, 2.45) is 0 Å². The molecule has 146 valence electrons. The number of nitrogens with one attached hydrogen (secondary N) is 2. The molecule has 0 aliphatic carbocycles. The predicted molar refractivity (Wildman–Crippen MR) is 119 cm³/mol. The number of thiophene rings is 1. The minimum absolute atomic E-state index is 0.246. The number of carbonyl (C=O) groups excluding carboxylic acids is 2. The minimum Gasteiger partial charge on any atom is -0.273 e. The number of amides is 2. The zero-order valence-corrected chi connectivity index (χ0v) is 17.7.